The van der Waals surface area contributed by atoms with Gasteiger partial charge in [-0.3, -0.25) is 9.69 Å². The third-order valence-electron chi connectivity index (χ3n) is 5.64. The maximum absolute atomic E-state index is 12.6. The van der Waals surface area contributed by atoms with E-state index in [4.69, 9.17) is 0 Å². The molecule has 1 atom stereocenters. The summed E-state index contributed by atoms with van der Waals surface area (Å²) in [6, 6.07) is 26.4. The predicted molar refractivity (Wildman–Crippen MR) is 128 cm³/mol. The minimum atomic E-state index is -0.267. The number of rotatable bonds is 7. The molecule has 0 saturated carbocycles. The molecule has 1 unspecified atom stereocenters. The highest BCUT2D eigenvalue weighted by atomic mass is 16.2. The van der Waals surface area contributed by atoms with E-state index in [0.29, 0.717) is 23.5 Å². The average molecular weight is 429 g/mol. The van der Waals surface area contributed by atoms with Crippen molar-refractivity contribution in [3.8, 4) is 0 Å². The van der Waals surface area contributed by atoms with Crippen LogP contribution >= 0.6 is 0 Å². The molecule has 1 heterocycles. The number of urea groups is 1. The van der Waals surface area contributed by atoms with Crippen molar-refractivity contribution in [3.63, 3.8) is 0 Å². The topological polar surface area (TPSA) is 73.5 Å². The number of hydrogen-bond acceptors (Lipinski definition) is 3. The van der Waals surface area contributed by atoms with Crippen molar-refractivity contribution >= 4 is 23.3 Å². The van der Waals surface area contributed by atoms with Crippen molar-refractivity contribution in [1.82, 2.24) is 10.2 Å². The first-order chi connectivity index (χ1) is 15.7. The normalized spacial score (nSPS) is 14.5. The summed E-state index contributed by atoms with van der Waals surface area (Å²) >= 11 is 0. The summed E-state index contributed by atoms with van der Waals surface area (Å²) in [7, 11) is 0. The Labute approximate surface area is 188 Å². The number of carbonyl (C=O) groups is 2. The number of carbonyl (C=O) groups excluding carboxylic acids is 2. The molecule has 1 saturated heterocycles. The molecule has 3 aromatic carbocycles. The first kappa shape index (κ1) is 21.6. The Morgan fingerprint density at radius 2 is 1.41 bits per heavy atom. The smallest absolute Gasteiger partial charge is 0.319 e. The number of hydrogen-bond donors (Lipinski definition) is 3. The zero-order valence-corrected chi connectivity index (χ0v) is 18.0. The van der Waals surface area contributed by atoms with Gasteiger partial charge in [0.05, 0.1) is 6.04 Å². The van der Waals surface area contributed by atoms with Gasteiger partial charge in [0.2, 0.25) is 0 Å². The lowest BCUT2D eigenvalue weighted by molar-refractivity contribution is 0.102. The molecule has 32 heavy (non-hydrogen) atoms. The molecule has 1 fully saturated rings. The van der Waals surface area contributed by atoms with Crippen molar-refractivity contribution in [2.24, 2.45) is 0 Å². The van der Waals surface area contributed by atoms with Crippen LogP contribution in [0.1, 0.15) is 34.8 Å². The van der Waals surface area contributed by atoms with Crippen LogP contribution in [0.25, 0.3) is 0 Å². The molecule has 0 spiro atoms. The molecule has 3 aromatic rings. The minimum absolute atomic E-state index is 0.154. The SMILES string of the molecule is O=C(NCC(c1ccccc1)N1CCCC1)Nc1cccc(NC(=O)c2ccccc2)c1. The van der Waals surface area contributed by atoms with Crippen LogP contribution in [0.4, 0.5) is 16.2 Å². The molecule has 0 aromatic heterocycles. The van der Waals surface area contributed by atoms with Gasteiger partial charge in [-0.15, -0.1) is 0 Å². The van der Waals surface area contributed by atoms with Gasteiger partial charge in [0.25, 0.3) is 5.91 Å². The second-order valence-corrected chi connectivity index (χ2v) is 7.91. The predicted octanol–water partition coefficient (Wildman–Crippen LogP) is 4.90. The fourth-order valence-electron chi connectivity index (χ4n) is 4.02. The number of benzene rings is 3. The molecular weight excluding hydrogens is 400 g/mol. The monoisotopic (exact) mass is 428 g/mol. The number of nitrogens with zero attached hydrogens (tertiary/aromatic N) is 1. The number of nitrogens with one attached hydrogen (secondary N) is 3. The van der Waals surface area contributed by atoms with Crippen LogP contribution in [0.2, 0.25) is 0 Å². The van der Waals surface area contributed by atoms with E-state index in [1.54, 1.807) is 36.4 Å². The molecule has 164 valence electrons. The summed E-state index contributed by atoms with van der Waals surface area (Å²) in [6.07, 6.45) is 2.38. The Kier molecular flexibility index (Phi) is 7.15. The molecule has 6 heteroatoms. The molecule has 0 radical (unpaired) electrons. The van der Waals surface area contributed by atoms with Crippen molar-refractivity contribution in [3.05, 3.63) is 96.1 Å². The third-order valence-corrected chi connectivity index (χ3v) is 5.64. The molecule has 1 aliphatic rings. The lowest BCUT2D eigenvalue weighted by Gasteiger charge is -2.28. The lowest BCUT2D eigenvalue weighted by Crippen LogP contribution is -2.38. The summed E-state index contributed by atoms with van der Waals surface area (Å²) in [6.45, 7) is 2.62. The van der Waals surface area contributed by atoms with Crippen LogP contribution in [0.15, 0.2) is 84.9 Å². The molecule has 3 N–H and O–H groups in total. The molecule has 1 aliphatic heterocycles. The second-order valence-electron chi connectivity index (χ2n) is 7.91. The maximum atomic E-state index is 12.6. The Balaban J connectivity index is 1.35. The summed E-state index contributed by atoms with van der Waals surface area (Å²) in [5.41, 5.74) is 3.03. The largest absolute Gasteiger partial charge is 0.336 e. The van der Waals surface area contributed by atoms with E-state index in [9.17, 15) is 9.59 Å². The van der Waals surface area contributed by atoms with E-state index >= 15 is 0 Å². The Morgan fingerprint density at radius 1 is 0.781 bits per heavy atom. The van der Waals surface area contributed by atoms with Gasteiger partial charge in [-0.25, -0.2) is 4.79 Å². The van der Waals surface area contributed by atoms with Crippen LogP contribution in [0.3, 0.4) is 0 Å². The highest BCUT2D eigenvalue weighted by Crippen LogP contribution is 2.24. The third kappa shape index (κ3) is 5.74. The highest BCUT2D eigenvalue weighted by molar-refractivity contribution is 6.04. The van der Waals surface area contributed by atoms with Crippen LogP contribution in [0.5, 0.6) is 0 Å². The summed E-state index contributed by atoms with van der Waals surface area (Å²) in [4.78, 5) is 27.4. The minimum Gasteiger partial charge on any atom is -0.336 e. The van der Waals surface area contributed by atoms with Crippen molar-refractivity contribution in [1.29, 1.82) is 0 Å². The van der Waals surface area contributed by atoms with Crippen molar-refractivity contribution < 1.29 is 9.59 Å². The molecule has 0 bridgehead atoms. The first-order valence-corrected chi connectivity index (χ1v) is 11.0. The average Bonchev–Trinajstić information content (AvgIpc) is 3.35. The van der Waals surface area contributed by atoms with Crippen LogP contribution in [-0.4, -0.2) is 36.5 Å². The van der Waals surface area contributed by atoms with Gasteiger partial charge in [0.15, 0.2) is 0 Å². The molecular formula is C26H28N4O2. The van der Waals surface area contributed by atoms with Gasteiger partial charge in [-0.1, -0.05) is 54.6 Å². The number of anilines is 2. The van der Waals surface area contributed by atoms with Gasteiger partial charge in [0, 0.05) is 23.5 Å². The van der Waals surface area contributed by atoms with Gasteiger partial charge in [0.1, 0.15) is 0 Å². The van der Waals surface area contributed by atoms with Gasteiger partial charge in [-0.2, -0.15) is 0 Å². The molecule has 0 aliphatic carbocycles. The van der Waals surface area contributed by atoms with E-state index in [0.717, 1.165) is 13.1 Å². The van der Waals surface area contributed by atoms with E-state index in [1.165, 1.54) is 18.4 Å². The fraction of sp³-hybridized carbons (Fsp3) is 0.231. The van der Waals surface area contributed by atoms with Crippen LogP contribution in [-0.2, 0) is 0 Å². The van der Waals surface area contributed by atoms with Crippen molar-refractivity contribution in [2.75, 3.05) is 30.3 Å². The molecule has 4 rings (SSSR count). The van der Waals surface area contributed by atoms with Crippen LogP contribution in [0, 0.1) is 0 Å². The van der Waals surface area contributed by atoms with Gasteiger partial charge < -0.3 is 16.0 Å². The van der Waals surface area contributed by atoms with Crippen molar-refractivity contribution in [2.45, 2.75) is 18.9 Å². The summed E-state index contributed by atoms with van der Waals surface area (Å²) < 4.78 is 0. The Hall–Kier alpha value is -3.64. The lowest BCUT2D eigenvalue weighted by atomic mass is 10.1. The van der Waals surface area contributed by atoms with E-state index in [2.05, 4.69) is 33.0 Å². The quantitative estimate of drug-likeness (QED) is 0.501. The van der Waals surface area contributed by atoms with E-state index < -0.39 is 0 Å². The zero-order chi connectivity index (χ0) is 22.2. The molecule has 3 amide bonds. The number of amides is 3. The summed E-state index contributed by atoms with van der Waals surface area (Å²) in [5, 5.41) is 8.75. The van der Waals surface area contributed by atoms with E-state index in [1.807, 2.05) is 36.4 Å². The number of likely N-dealkylation sites (tertiary alicyclic amines) is 1. The Morgan fingerprint density at radius 3 is 2.09 bits per heavy atom. The Bertz CT molecular complexity index is 1030. The van der Waals surface area contributed by atoms with Gasteiger partial charge >= 0.3 is 6.03 Å². The fourth-order valence-corrected chi connectivity index (χ4v) is 4.02. The zero-order valence-electron chi connectivity index (χ0n) is 18.0. The summed E-state index contributed by atoms with van der Waals surface area (Å²) in [5.74, 6) is -0.191. The van der Waals surface area contributed by atoms with E-state index in [-0.39, 0.29) is 18.0 Å². The highest BCUT2D eigenvalue weighted by Gasteiger charge is 2.23. The second kappa shape index (κ2) is 10.6. The first-order valence-electron chi connectivity index (χ1n) is 11.0. The van der Waals surface area contributed by atoms with Gasteiger partial charge in [-0.05, 0) is 61.8 Å². The standard InChI is InChI=1S/C26H28N4O2/c31-25(21-12-5-2-6-13-21)28-22-14-9-15-23(18-22)29-26(32)27-19-24(30-16-7-8-17-30)20-10-3-1-4-11-20/h1-6,9-15,18,24H,7-8,16-17,19H2,(H,28,31)(H2,27,29,32). The van der Waals surface area contributed by atoms with Crippen LogP contribution < -0.4 is 16.0 Å². The maximum Gasteiger partial charge on any atom is 0.319 e. The molecule has 6 nitrogen and oxygen atoms in total.